The van der Waals surface area contributed by atoms with E-state index in [1.807, 2.05) is 13.0 Å². The minimum absolute atomic E-state index is 0.0422. The number of anilines is 1. The normalized spacial score (nSPS) is 14.7. The number of ether oxygens (including phenoxy) is 1. The van der Waals surface area contributed by atoms with E-state index in [1.54, 1.807) is 4.57 Å². The number of halogens is 4. The van der Waals surface area contributed by atoms with Gasteiger partial charge in [0.15, 0.2) is 5.82 Å². The molecule has 0 saturated heterocycles. The maximum absolute atomic E-state index is 12.9. The zero-order valence-electron chi connectivity index (χ0n) is 18.2. The van der Waals surface area contributed by atoms with Crippen molar-refractivity contribution in [2.45, 2.75) is 38.9 Å². The molecule has 0 aliphatic carbocycles. The molecule has 3 aromatic rings. The quantitative estimate of drug-likeness (QED) is 0.578. The Morgan fingerprint density at radius 2 is 2.09 bits per heavy atom. The van der Waals surface area contributed by atoms with Crippen LogP contribution in [0.25, 0.3) is 11.4 Å². The monoisotopic (exact) mass is 495 g/mol. The van der Waals surface area contributed by atoms with Crippen LogP contribution in [0.3, 0.4) is 0 Å². The molecular weight excluding hydrogens is 475 g/mol. The highest BCUT2D eigenvalue weighted by molar-refractivity contribution is 6.33. The number of carbonyl (C=O) groups is 1. The lowest BCUT2D eigenvalue weighted by Crippen LogP contribution is -2.26. The predicted octanol–water partition coefficient (Wildman–Crippen LogP) is 3.96. The number of allylic oxidation sites excluding steroid dienone is 1. The summed E-state index contributed by atoms with van der Waals surface area (Å²) in [5.74, 6) is 0.0309. The summed E-state index contributed by atoms with van der Waals surface area (Å²) in [5.41, 5.74) is 0.161. The number of benzene rings is 1. The summed E-state index contributed by atoms with van der Waals surface area (Å²) in [5, 5.41) is 6.63. The third kappa shape index (κ3) is 5.00. The van der Waals surface area contributed by atoms with Gasteiger partial charge in [-0.05, 0) is 43.0 Å². The summed E-state index contributed by atoms with van der Waals surface area (Å²) < 4.78 is 46.7. The highest BCUT2D eigenvalue weighted by Crippen LogP contribution is 2.33. The zero-order valence-corrected chi connectivity index (χ0v) is 18.9. The number of nitrogens with one attached hydrogen (secondary N) is 1. The molecule has 8 nitrogen and oxygen atoms in total. The molecule has 0 unspecified atom stereocenters. The first-order valence-corrected chi connectivity index (χ1v) is 11.0. The Kier molecular flexibility index (Phi) is 6.76. The number of hydrogen-bond acceptors (Lipinski definition) is 5. The van der Waals surface area contributed by atoms with Crippen LogP contribution >= 0.6 is 11.6 Å². The molecule has 0 atom stereocenters. The number of alkyl halides is 3. The summed E-state index contributed by atoms with van der Waals surface area (Å²) in [6.07, 6.45) is -0.746. The molecule has 3 heterocycles. The Balaban J connectivity index is 1.65. The van der Waals surface area contributed by atoms with Gasteiger partial charge in [-0.3, -0.25) is 9.59 Å². The van der Waals surface area contributed by atoms with Gasteiger partial charge in [0.25, 0.3) is 5.56 Å². The molecule has 1 aliphatic rings. The van der Waals surface area contributed by atoms with Gasteiger partial charge in [0.1, 0.15) is 6.54 Å². The maximum Gasteiger partial charge on any atom is 0.416 e. The Morgan fingerprint density at radius 1 is 1.29 bits per heavy atom. The average Bonchev–Trinajstić information content (AvgIpc) is 3.05. The predicted molar refractivity (Wildman–Crippen MR) is 120 cm³/mol. The van der Waals surface area contributed by atoms with Crippen molar-refractivity contribution in [1.82, 2.24) is 19.2 Å². The standard InChI is InChI=1S/C22H21ClF3N5O3/c1-2-15-11-19(33)31-21(28-20(29-31)13-4-3-8-34-9-7-13)30(15)12-18(32)27-17-6-5-14(10-16(17)23)22(24,25)26/h5-7,10-11H,2-4,8-9,12H2,1H3,(H,27,32). The summed E-state index contributed by atoms with van der Waals surface area (Å²) in [7, 11) is 0. The first-order chi connectivity index (χ1) is 16.2. The van der Waals surface area contributed by atoms with Crippen LogP contribution in [0.2, 0.25) is 5.02 Å². The van der Waals surface area contributed by atoms with Gasteiger partial charge in [0.2, 0.25) is 11.7 Å². The molecule has 0 spiro atoms. The molecular formula is C22H21ClF3N5O3. The Hall–Kier alpha value is -3.18. The topological polar surface area (TPSA) is 90.5 Å². The van der Waals surface area contributed by atoms with Crippen LogP contribution in [-0.2, 0) is 28.7 Å². The number of aryl methyl sites for hydroxylation is 1. The Morgan fingerprint density at radius 3 is 2.79 bits per heavy atom. The number of amides is 1. The first kappa shape index (κ1) is 24.0. The van der Waals surface area contributed by atoms with E-state index >= 15 is 0 Å². The fraction of sp³-hybridized carbons (Fsp3) is 0.364. The fourth-order valence-electron chi connectivity index (χ4n) is 3.68. The van der Waals surface area contributed by atoms with Gasteiger partial charge >= 0.3 is 6.18 Å². The van der Waals surface area contributed by atoms with Crippen LogP contribution < -0.4 is 10.9 Å². The third-order valence-electron chi connectivity index (χ3n) is 5.38. The minimum Gasteiger partial charge on any atom is -0.377 e. The van der Waals surface area contributed by atoms with E-state index in [9.17, 15) is 22.8 Å². The SMILES string of the molecule is CCc1cc(=O)n2nc(C3=CCOCCC3)nc2n1CC(=O)Nc1ccc(C(F)(F)F)cc1Cl. The molecule has 1 aliphatic heterocycles. The third-order valence-corrected chi connectivity index (χ3v) is 5.69. The van der Waals surface area contributed by atoms with Crippen LogP contribution in [0.15, 0.2) is 35.1 Å². The second-order valence-corrected chi connectivity index (χ2v) is 8.12. The highest BCUT2D eigenvalue weighted by Gasteiger charge is 2.31. The van der Waals surface area contributed by atoms with Gasteiger partial charge in [-0.15, -0.1) is 5.10 Å². The number of aromatic nitrogens is 4. The summed E-state index contributed by atoms with van der Waals surface area (Å²) in [6, 6.07) is 4.07. The van der Waals surface area contributed by atoms with Crippen molar-refractivity contribution in [1.29, 1.82) is 0 Å². The number of fused-ring (bicyclic) bond motifs is 1. The van der Waals surface area contributed by atoms with E-state index in [4.69, 9.17) is 16.3 Å². The number of hydrogen-bond donors (Lipinski definition) is 1. The van der Waals surface area contributed by atoms with Crippen molar-refractivity contribution in [2.75, 3.05) is 18.5 Å². The molecule has 2 aromatic heterocycles. The van der Waals surface area contributed by atoms with Crippen LogP contribution in [-0.4, -0.2) is 38.3 Å². The van der Waals surface area contributed by atoms with E-state index in [2.05, 4.69) is 15.4 Å². The number of rotatable bonds is 5. The molecule has 180 valence electrons. The van der Waals surface area contributed by atoms with Crippen molar-refractivity contribution in [3.05, 3.63) is 62.8 Å². The van der Waals surface area contributed by atoms with Gasteiger partial charge < -0.3 is 14.6 Å². The summed E-state index contributed by atoms with van der Waals surface area (Å²) >= 11 is 5.95. The van der Waals surface area contributed by atoms with Gasteiger partial charge in [-0.2, -0.15) is 22.7 Å². The van der Waals surface area contributed by atoms with Crippen molar-refractivity contribution in [3.63, 3.8) is 0 Å². The smallest absolute Gasteiger partial charge is 0.377 e. The lowest BCUT2D eigenvalue weighted by Gasteiger charge is -2.14. The van der Waals surface area contributed by atoms with Crippen LogP contribution in [0.4, 0.5) is 18.9 Å². The molecule has 0 radical (unpaired) electrons. The minimum atomic E-state index is -4.55. The molecule has 12 heteroatoms. The number of carbonyl (C=O) groups excluding carboxylic acids is 1. The van der Waals surface area contributed by atoms with E-state index in [0.717, 1.165) is 34.7 Å². The molecule has 0 fully saturated rings. The molecule has 1 amide bonds. The van der Waals surface area contributed by atoms with Crippen molar-refractivity contribution in [3.8, 4) is 0 Å². The average molecular weight is 496 g/mol. The van der Waals surface area contributed by atoms with Crippen LogP contribution in [0, 0.1) is 0 Å². The summed E-state index contributed by atoms with van der Waals surface area (Å²) in [4.78, 5) is 29.9. The van der Waals surface area contributed by atoms with E-state index in [0.29, 0.717) is 37.6 Å². The Labute approximate surface area is 197 Å². The van der Waals surface area contributed by atoms with Gasteiger partial charge in [-0.25, -0.2) is 0 Å². The van der Waals surface area contributed by atoms with Crippen LogP contribution in [0.5, 0.6) is 0 Å². The van der Waals surface area contributed by atoms with Crippen molar-refractivity contribution >= 4 is 34.5 Å². The zero-order chi connectivity index (χ0) is 24.5. The molecule has 1 N–H and O–H groups in total. The second kappa shape index (κ2) is 9.59. The fourth-order valence-corrected chi connectivity index (χ4v) is 3.90. The highest BCUT2D eigenvalue weighted by atomic mass is 35.5. The van der Waals surface area contributed by atoms with Gasteiger partial charge in [-0.1, -0.05) is 24.6 Å². The molecule has 0 saturated carbocycles. The molecule has 0 bridgehead atoms. The molecule has 34 heavy (non-hydrogen) atoms. The van der Waals surface area contributed by atoms with E-state index in [-0.39, 0.29) is 28.6 Å². The van der Waals surface area contributed by atoms with Crippen molar-refractivity contribution < 1.29 is 22.7 Å². The lowest BCUT2D eigenvalue weighted by molar-refractivity contribution is -0.137. The van der Waals surface area contributed by atoms with Gasteiger partial charge in [0, 0.05) is 18.4 Å². The van der Waals surface area contributed by atoms with Gasteiger partial charge in [0.05, 0.1) is 22.9 Å². The second-order valence-electron chi connectivity index (χ2n) is 7.71. The van der Waals surface area contributed by atoms with E-state index in [1.165, 1.54) is 6.07 Å². The van der Waals surface area contributed by atoms with Crippen molar-refractivity contribution in [2.24, 2.45) is 0 Å². The summed E-state index contributed by atoms with van der Waals surface area (Å²) in [6.45, 7) is 2.62. The largest absolute Gasteiger partial charge is 0.416 e. The first-order valence-electron chi connectivity index (χ1n) is 10.6. The molecule has 4 rings (SSSR count). The number of nitrogens with zero attached hydrogens (tertiary/aromatic N) is 4. The Bertz CT molecular complexity index is 1330. The maximum atomic E-state index is 12.9. The lowest BCUT2D eigenvalue weighted by atomic mass is 10.1. The molecule has 1 aromatic carbocycles. The van der Waals surface area contributed by atoms with Crippen LogP contribution in [0.1, 0.15) is 36.8 Å². The van der Waals surface area contributed by atoms with E-state index < -0.39 is 17.6 Å².